The molecule has 0 spiro atoms. The molecule has 0 saturated carbocycles. The van der Waals surface area contributed by atoms with Crippen LogP contribution < -0.4 is 4.74 Å². The van der Waals surface area contributed by atoms with Crippen molar-refractivity contribution in [2.45, 2.75) is 54.1 Å². The van der Waals surface area contributed by atoms with E-state index in [-0.39, 0.29) is 10.8 Å². The van der Waals surface area contributed by atoms with Crippen molar-refractivity contribution in [3.63, 3.8) is 0 Å². The molecule has 0 unspecified atom stereocenters. The standard InChI is InChI=1S/C26H32O/c1-25(2,3)24(26(4,5)6)20-14-16-22(17-15-20)27-18-21-12-9-11-19-10-7-8-13-23(19)21/h7-17,24H,18H2,1-6H3. The molecule has 3 aromatic rings. The zero-order chi connectivity index (χ0) is 19.7. The van der Waals surface area contributed by atoms with Gasteiger partial charge in [-0.3, -0.25) is 0 Å². The van der Waals surface area contributed by atoms with Crippen molar-refractivity contribution in [2.24, 2.45) is 10.8 Å². The van der Waals surface area contributed by atoms with E-state index in [0.29, 0.717) is 12.5 Å². The first-order valence-corrected chi connectivity index (χ1v) is 9.86. The van der Waals surface area contributed by atoms with E-state index in [0.717, 1.165) is 5.75 Å². The molecule has 142 valence electrons. The lowest BCUT2D eigenvalue weighted by Gasteiger charge is -2.41. The number of fused-ring (bicyclic) bond motifs is 1. The monoisotopic (exact) mass is 360 g/mol. The summed E-state index contributed by atoms with van der Waals surface area (Å²) in [5, 5.41) is 2.52. The van der Waals surface area contributed by atoms with Gasteiger partial charge in [0.1, 0.15) is 12.4 Å². The van der Waals surface area contributed by atoms with Crippen LogP contribution in [0.25, 0.3) is 10.8 Å². The quantitative estimate of drug-likeness (QED) is 0.465. The largest absolute Gasteiger partial charge is 0.489 e. The summed E-state index contributed by atoms with van der Waals surface area (Å²) in [5.41, 5.74) is 3.03. The Morgan fingerprint density at radius 2 is 1.30 bits per heavy atom. The smallest absolute Gasteiger partial charge is 0.119 e. The molecule has 27 heavy (non-hydrogen) atoms. The molecule has 3 aromatic carbocycles. The van der Waals surface area contributed by atoms with E-state index in [1.807, 2.05) is 0 Å². The Hall–Kier alpha value is -2.28. The molecule has 1 heteroatoms. The molecule has 0 amide bonds. The Labute approximate surface area is 164 Å². The highest BCUT2D eigenvalue weighted by molar-refractivity contribution is 5.85. The molecule has 0 aromatic heterocycles. The van der Waals surface area contributed by atoms with Gasteiger partial charge in [-0.25, -0.2) is 0 Å². The van der Waals surface area contributed by atoms with E-state index in [9.17, 15) is 0 Å². The van der Waals surface area contributed by atoms with Crippen LogP contribution in [0, 0.1) is 10.8 Å². The average molecular weight is 361 g/mol. The van der Waals surface area contributed by atoms with Gasteiger partial charge < -0.3 is 4.74 Å². The highest BCUT2D eigenvalue weighted by atomic mass is 16.5. The van der Waals surface area contributed by atoms with Crippen LogP contribution >= 0.6 is 0 Å². The van der Waals surface area contributed by atoms with Crippen LogP contribution in [0.3, 0.4) is 0 Å². The van der Waals surface area contributed by atoms with E-state index in [4.69, 9.17) is 4.74 Å². The van der Waals surface area contributed by atoms with Crippen LogP contribution in [0.2, 0.25) is 0 Å². The zero-order valence-electron chi connectivity index (χ0n) is 17.5. The van der Waals surface area contributed by atoms with Gasteiger partial charge in [0, 0.05) is 0 Å². The maximum atomic E-state index is 6.11. The second-order valence-electron chi connectivity index (χ2n) is 9.66. The lowest BCUT2D eigenvalue weighted by atomic mass is 9.64. The van der Waals surface area contributed by atoms with Gasteiger partial charge in [-0.15, -0.1) is 0 Å². The number of benzene rings is 3. The normalized spacial score (nSPS) is 12.6. The summed E-state index contributed by atoms with van der Waals surface area (Å²) in [4.78, 5) is 0. The second kappa shape index (κ2) is 7.38. The van der Waals surface area contributed by atoms with Gasteiger partial charge in [0.05, 0.1) is 0 Å². The Balaban J connectivity index is 1.78. The summed E-state index contributed by atoms with van der Waals surface area (Å²) >= 11 is 0. The fraction of sp³-hybridized carbons (Fsp3) is 0.385. The zero-order valence-corrected chi connectivity index (χ0v) is 17.5. The minimum atomic E-state index is 0.212. The molecule has 1 nitrogen and oxygen atoms in total. The van der Waals surface area contributed by atoms with Crippen LogP contribution in [-0.4, -0.2) is 0 Å². The Morgan fingerprint density at radius 1 is 0.704 bits per heavy atom. The maximum absolute atomic E-state index is 6.11. The Kier molecular flexibility index (Phi) is 5.33. The first-order chi connectivity index (χ1) is 12.7. The topological polar surface area (TPSA) is 9.23 Å². The first kappa shape index (κ1) is 19.5. The van der Waals surface area contributed by atoms with E-state index < -0.39 is 0 Å². The van der Waals surface area contributed by atoms with Gasteiger partial charge in [0.2, 0.25) is 0 Å². The SMILES string of the molecule is CC(C)(C)C(c1ccc(OCc2cccc3ccccc23)cc1)C(C)(C)C. The third-order valence-electron chi connectivity index (χ3n) is 5.22. The number of hydrogen-bond donors (Lipinski definition) is 0. The van der Waals surface area contributed by atoms with Gasteiger partial charge >= 0.3 is 0 Å². The number of hydrogen-bond acceptors (Lipinski definition) is 1. The molecule has 0 N–H and O–H groups in total. The molecule has 0 aliphatic heterocycles. The number of ether oxygens (including phenoxy) is 1. The molecule has 0 saturated heterocycles. The Morgan fingerprint density at radius 3 is 1.93 bits per heavy atom. The van der Waals surface area contributed by atoms with Gasteiger partial charge in [-0.2, -0.15) is 0 Å². The van der Waals surface area contributed by atoms with E-state index in [1.165, 1.54) is 21.9 Å². The summed E-state index contributed by atoms with van der Waals surface area (Å²) in [6.45, 7) is 14.5. The third kappa shape index (κ3) is 4.53. The first-order valence-electron chi connectivity index (χ1n) is 9.86. The molecule has 0 radical (unpaired) electrons. The maximum Gasteiger partial charge on any atom is 0.119 e. The van der Waals surface area contributed by atoms with Crippen molar-refractivity contribution in [1.29, 1.82) is 0 Å². The molecule has 0 bridgehead atoms. The van der Waals surface area contributed by atoms with Crippen LogP contribution in [0.4, 0.5) is 0 Å². The molecule has 3 rings (SSSR count). The summed E-state index contributed by atoms with van der Waals surface area (Å²) < 4.78 is 6.11. The number of rotatable bonds is 4. The van der Waals surface area contributed by atoms with E-state index in [2.05, 4.69) is 108 Å². The lowest BCUT2D eigenvalue weighted by Crippen LogP contribution is -2.30. The molecule has 0 heterocycles. The fourth-order valence-electron chi connectivity index (χ4n) is 4.63. The molecule has 0 aliphatic rings. The van der Waals surface area contributed by atoms with Crippen LogP contribution in [-0.2, 0) is 6.61 Å². The molecule has 0 fully saturated rings. The average Bonchev–Trinajstić information content (AvgIpc) is 2.58. The second-order valence-corrected chi connectivity index (χ2v) is 9.66. The van der Waals surface area contributed by atoms with E-state index >= 15 is 0 Å². The highest BCUT2D eigenvalue weighted by Gasteiger charge is 2.35. The lowest BCUT2D eigenvalue weighted by molar-refractivity contribution is 0.176. The van der Waals surface area contributed by atoms with Gasteiger partial charge in [0.25, 0.3) is 0 Å². The van der Waals surface area contributed by atoms with Gasteiger partial charge in [-0.05, 0) is 50.8 Å². The predicted octanol–water partition coefficient (Wildman–Crippen LogP) is 7.59. The van der Waals surface area contributed by atoms with Crippen LogP contribution in [0.5, 0.6) is 5.75 Å². The molecular formula is C26H32O. The van der Waals surface area contributed by atoms with Crippen LogP contribution in [0.1, 0.15) is 58.6 Å². The fourth-order valence-corrected chi connectivity index (χ4v) is 4.63. The minimum absolute atomic E-state index is 0.212. The van der Waals surface area contributed by atoms with Crippen molar-refractivity contribution in [1.82, 2.24) is 0 Å². The predicted molar refractivity (Wildman–Crippen MR) is 116 cm³/mol. The van der Waals surface area contributed by atoms with Crippen molar-refractivity contribution >= 4 is 10.8 Å². The molecule has 0 atom stereocenters. The summed E-state index contributed by atoms with van der Waals surface area (Å²) in [7, 11) is 0. The molecule has 0 aliphatic carbocycles. The van der Waals surface area contributed by atoms with Crippen molar-refractivity contribution in [3.05, 3.63) is 77.9 Å². The van der Waals surface area contributed by atoms with Gasteiger partial charge in [0.15, 0.2) is 0 Å². The molecular weight excluding hydrogens is 328 g/mol. The summed E-state index contributed by atoms with van der Waals surface area (Å²) in [5.74, 6) is 1.41. The Bertz CT molecular complexity index is 873. The third-order valence-corrected chi connectivity index (χ3v) is 5.22. The minimum Gasteiger partial charge on any atom is -0.489 e. The van der Waals surface area contributed by atoms with Crippen molar-refractivity contribution < 1.29 is 4.74 Å². The summed E-state index contributed by atoms with van der Waals surface area (Å²) in [6.07, 6.45) is 0. The highest BCUT2D eigenvalue weighted by Crippen LogP contribution is 2.47. The van der Waals surface area contributed by atoms with Gasteiger partial charge in [-0.1, -0.05) is 96.1 Å². The van der Waals surface area contributed by atoms with E-state index in [1.54, 1.807) is 0 Å². The van der Waals surface area contributed by atoms with Crippen molar-refractivity contribution in [2.75, 3.05) is 0 Å². The van der Waals surface area contributed by atoms with Crippen molar-refractivity contribution in [3.8, 4) is 5.75 Å². The van der Waals surface area contributed by atoms with Crippen LogP contribution in [0.15, 0.2) is 66.7 Å². The summed E-state index contributed by atoms with van der Waals surface area (Å²) in [6, 6.07) is 23.6.